The number of carbonyl (C=O) groups is 2. The Labute approximate surface area is 112 Å². The normalized spacial score (nSPS) is 10.0. The minimum absolute atomic E-state index is 0.117. The second kappa shape index (κ2) is 5.27. The van der Waals surface area contributed by atoms with Crippen LogP contribution in [0.2, 0.25) is 0 Å². The van der Waals surface area contributed by atoms with Crippen LogP contribution in [0.5, 0.6) is 5.75 Å². The smallest absolute Gasteiger partial charge is 0.339 e. The third kappa shape index (κ3) is 2.83. The number of nitrogens with one attached hydrogen (secondary N) is 1. The highest BCUT2D eigenvalue weighted by Crippen LogP contribution is 2.22. The Morgan fingerprint density at radius 2 is 1.90 bits per heavy atom. The average molecular weight is 275 g/mol. The zero-order valence-electron chi connectivity index (χ0n) is 9.99. The molecular formula is C13H9NO6. The molecule has 102 valence electrons. The van der Waals surface area contributed by atoms with Crippen molar-refractivity contribution < 1.29 is 24.2 Å². The van der Waals surface area contributed by atoms with E-state index in [4.69, 9.17) is 5.11 Å². The van der Waals surface area contributed by atoms with E-state index in [2.05, 4.69) is 9.73 Å². The van der Waals surface area contributed by atoms with Gasteiger partial charge in [-0.05, 0) is 18.2 Å². The van der Waals surface area contributed by atoms with Gasteiger partial charge >= 0.3 is 11.6 Å². The van der Waals surface area contributed by atoms with Gasteiger partial charge in [0.05, 0.1) is 5.56 Å². The van der Waals surface area contributed by atoms with Crippen molar-refractivity contribution >= 4 is 17.6 Å². The Kier molecular flexibility index (Phi) is 3.52. The lowest BCUT2D eigenvalue weighted by atomic mass is 10.1. The summed E-state index contributed by atoms with van der Waals surface area (Å²) in [7, 11) is 0. The van der Waals surface area contributed by atoms with E-state index in [9.17, 15) is 19.5 Å². The van der Waals surface area contributed by atoms with Crippen molar-refractivity contribution in [2.45, 2.75) is 0 Å². The number of benzene rings is 1. The summed E-state index contributed by atoms with van der Waals surface area (Å²) in [5.41, 5.74) is -0.520. The standard InChI is InChI=1S/C13H9NO6/c15-10-5-8(2-3-9(10)13(18)19)14-12(17)7-1-4-11(16)20-6-7/h1-6,15H,(H,14,17)(H,18,19). The summed E-state index contributed by atoms with van der Waals surface area (Å²) in [6.07, 6.45) is 1.00. The lowest BCUT2D eigenvalue weighted by molar-refractivity contribution is 0.0693. The minimum Gasteiger partial charge on any atom is -0.507 e. The molecule has 0 saturated carbocycles. The molecule has 1 aromatic heterocycles. The first kappa shape index (κ1) is 13.3. The maximum atomic E-state index is 11.8. The minimum atomic E-state index is -1.27. The van der Waals surface area contributed by atoms with Gasteiger partial charge in [-0.1, -0.05) is 0 Å². The highest BCUT2D eigenvalue weighted by atomic mass is 16.4. The fourth-order valence-corrected chi connectivity index (χ4v) is 1.48. The molecule has 7 heteroatoms. The van der Waals surface area contributed by atoms with Gasteiger partial charge in [-0.3, -0.25) is 4.79 Å². The molecule has 0 aliphatic carbocycles. The Balaban J connectivity index is 2.20. The summed E-state index contributed by atoms with van der Waals surface area (Å²) in [6.45, 7) is 0. The number of carbonyl (C=O) groups excluding carboxylic acids is 1. The van der Waals surface area contributed by atoms with Crippen LogP contribution in [0.4, 0.5) is 5.69 Å². The van der Waals surface area contributed by atoms with Gasteiger partial charge in [0.1, 0.15) is 17.6 Å². The Morgan fingerprint density at radius 3 is 2.45 bits per heavy atom. The van der Waals surface area contributed by atoms with Gasteiger partial charge in [-0.25, -0.2) is 9.59 Å². The third-order valence-electron chi connectivity index (χ3n) is 2.45. The van der Waals surface area contributed by atoms with Crippen LogP contribution in [-0.2, 0) is 0 Å². The number of hydrogen-bond donors (Lipinski definition) is 3. The molecule has 0 fully saturated rings. The topological polar surface area (TPSA) is 117 Å². The summed E-state index contributed by atoms with van der Waals surface area (Å²) in [5, 5.41) is 20.7. The average Bonchev–Trinajstić information content (AvgIpc) is 2.39. The summed E-state index contributed by atoms with van der Waals surface area (Å²) < 4.78 is 4.55. The first-order chi connectivity index (χ1) is 9.47. The molecule has 0 saturated heterocycles. The van der Waals surface area contributed by atoms with E-state index < -0.39 is 23.3 Å². The zero-order chi connectivity index (χ0) is 14.7. The molecule has 0 unspecified atom stereocenters. The van der Waals surface area contributed by atoms with Crippen LogP contribution in [-0.4, -0.2) is 22.1 Å². The van der Waals surface area contributed by atoms with E-state index >= 15 is 0 Å². The number of aromatic hydroxyl groups is 1. The molecule has 0 radical (unpaired) electrons. The fraction of sp³-hybridized carbons (Fsp3) is 0. The quantitative estimate of drug-likeness (QED) is 0.777. The number of aromatic carboxylic acids is 1. The molecule has 2 rings (SSSR count). The Morgan fingerprint density at radius 1 is 1.15 bits per heavy atom. The molecule has 7 nitrogen and oxygen atoms in total. The SMILES string of the molecule is O=C(Nc1ccc(C(=O)O)c(O)c1)c1ccc(=O)oc1. The van der Waals surface area contributed by atoms with E-state index in [0.717, 1.165) is 18.4 Å². The Hall–Kier alpha value is -3.09. The van der Waals surface area contributed by atoms with Crippen LogP contribution in [0.15, 0.2) is 45.8 Å². The second-order valence-electron chi connectivity index (χ2n) is 3.83. The molecule has 0 spiro atoms. The summed E-state index contributed by atoms with van der Waals surface area (Å²) in [4.78, 5) is 33.3. The molecular weight excluding hydrogens is 266 g/mol. The van der Waals surface area contributed by atoms with Crippen molar-refractivity contribution in [2.24, 2.45) is 0 Å². The fourth-order valence-electron chi connectivity index (χ4n) is 1.48. The van der Waals surface area contributed by atoms with Crippen molar-refractivity contribution in [1.29, 1.82) is 0 Å². The van der Waals surface area contributed by atoms with Crippen LogP contribution in [0.1, 0.15) is 20.7 Å². The van der Waals surface area contributed by atoms with Gasteiger partial charge < -0.3 is 19.9 Å². The van der Waals surface area contributed by atoms with Crippen molar-refractivity contribution in [2.75, 3.05) is 5.32 Å². The lowest BCUT2D eigenvalue weighted by Crippen LogP contribution is -2.13. The van der Waals surface area contributed by atoms with Crippen molar-refractivity contribution in [3.05, 3.63) is 58.1 Å². The van der Waals surface area contributed by atoms with Gasteiger partial charge in [-0.15, -0.1) is 0 Å². The molecule has 0 atom stereocenters. The number of anilines is 1. The molecule has 20 heavy (non-hydrogen) atoms. The molecule has 1 aromatic carbocycles. The maximum Gasteiger partial charge on any atom is 0.339 e. The third-order valence-corrected chi connectivity index (χ3v) is 2.45. The number of carboxylic acids is 1. The van der Waals surface area contributed by atoms with Crippen molar-refractivity contribution in [1.82, 2.24) is 0 Å². The van der Waals surface area contributed by atoms with Crippen LogP contribution in [0.3, 0.4) is 0 Å². The van der Waals surface area contributed by atoms with Gasteiger partial charge in [-0.2, -0.15) is 0 Å². The van der Waals surface area contributed by atoms with E-state index in [0.29, 0.717) is 0 Å². The molecule has 0 aliphatic heterocycles. The van der Waals surface area contributed by atoms with Gasteiger partial charge in [0.2, 0.25) is 0 Å². The number of amides is 1. The Bertz CT molecular complexity index is 713. The van der Waals surface area contributed by atoms with E-state index in [-0.39, 0.29) is 16.8 Å². The second-order valence-corrected chi connectivity index (χ2v) is 3.83. The highest BCUT2D eigenvalue weighted by molar-refractivity contribution is 6.04. The van der Waals surface area contributed by atoms with E-state index in [1.54, 1.807) is 0 Å². The number of phenols is 1. The van der Waals surface area contributed by atoms with E-state index in [1.807, 2.05) is 0 Å². The molecule has 1 amide bonds. The predicted octanol–water partition coefficient (Wildman–Crippen LogP) is 1.30. The van der Waals surface area contributed by atoms with Crippen molar-refractivity contribution in [3.8, 4) is 5.75 Å². The number of carboxylic acid groups (broad SMARTS) is 1. The summed E-state index contributed by atoms with van der Waals surface area (Å²) in [5.74, 6) is -2.30. The largest absolute Gasteiger partial charge is 0.507 e. The molecule has 1 heterocycles. The van der Waals surface area contributed by atoms with Crippen LogP contribution < -0.4 is 10.9 Å². The monoisotopic (exact) mass is 275 g/mol. The van der Waals surface area contributed by atoms with Gasteiger partial charge in [0.25, 0.3) is 5.91 Å². The van der Waals surface area contributed by atoms with E-state index in [1.165, 1.54) is 18.2 Å². The first-order valence-electron chi connectivity index (χ1n) is 5.44. The summed E-state index contributed by atoms with van der Waals surface area (Å²) in [6, 6.07) is 5.99. The summed E-state index contributed by atoms with van der Waals surface area (Å²) >= 11 is 0. The van der Waals surface area contributed by atoms with Crippen molar-refractivity contribution in [3.63, 3.8) is 0 Å². The predicted molar refractivity (Wildman–Crippen MR) is 68.0 cm³/mol. The first-order valence-corrected chi connectivity index (χ1v) is 5.44. The molecule has 3 N–H and O–H groups in total. The number of hydrogen-bond acceptors (Lipinski definition) is 5. The molecule has 2 aromatic rings. The lowest BCUT2D eigenvalue weighted by Gasteiger charge is -2.06. The zero-order valence-corrected chi connectivity index (χ0v) is 9.99. The number of rotatable bonds is 3. The molecule has 0 aliphatic rings. The van der Waals surface area contributed by atoms with Crippen LogP contribution in [0, 0.1) is 0 Å². The van der Waals surface area contributed by atoms with Gasteiger partial charge in [0, 0.05) is 17.8 Å². The molecule has 0 bridgehead atoms. The maximum absolute atomic E-state index is 11.8. The highest BCUT2D eigenvalue weighted by Gasteiger charge is 2.12. The van der Waals surface area contributed by atoms with Crippen LogP contribution in [0.25, 0.3) is 0 Å². The van der Waals surface area contributed by atoms with Gasteiger partial charge in [0.15, 0.2) is 0 Å². The van der Waals surface area contributed by atoms with Crippen LogP contribution >= 0.6 is 0 Å².